The van der Waals surface area contributed by atoms with Crippen LogP contribution in [0.2, 0.25) is 0 Å². The van der Waals surface area contributed by atoms with E-state index in [0.29, 0.717) is 38.0 Å². The first-order valence-electron chi connectivity index (χ1n) is 12.3. The van der Waals surface area contributed by atoms with Crippen LogP contribution in [0.4, 0.5) is 5.82 Å². The molecule has 0 bridgehead atoms. The number of nitrogens with one attached hydrogen (secondary N) is 2. The van der Waals surface area contributed by atoms with Gasteiger partial charge in [0.1, 0.15) is 5.52 Å². The van der Waals surface area contributed by atoms with Crippen molar-refractivity contribution in [3.8, 4) is 11.3 Å². The van der Waals surface area contributed by atoms with Crippen molar-refractivity contribution in [1.82, 2.24) is 24.6 Å². The number of nitrogens with zero attached hydrogens (tertiary/aromatic N) is 4. The zero-order valence-corrected chi connectivity index (χ0v) is 20.8. The van der Waals surface area contributed by atoms with Gasteiger partial charge in [0, 0.05) is 50.7 Å². The Morgan fingerprint density at radius 1 is 1.14 bits per heavy atom. The first kappa shape index (κ1) is 24.1. The quantitative estimate of drug-likeness (QED) is 0.514. The van der Waals surface area contributed by atoms with Crippen LogP contribution in [0.3, 0.4) is 0 Å². The summed E-state index contributed by atoms with van der Waals surface area (Å²) in [4.78, 5) is 13.9. The number of hydrogen-bond acceptors (Lipinski definition) is 8. The van der Waals surface area contributed by atoms with Crippen molar-refractivity contribution < 1.29 is 13.2 Å². The largest absolute Gasteiger partial charge is 0.374 e. The lowest BCUT2D eigenvalue weighted by molar-refractivity contribution is 0.0372. The minimum Gasteiger partial charge on any atom is -0.374 e. The summed E-state index contributed by atoms with van der Waals surface area (Å²) >= 11 is 0. The molecule has 2 aliphatic heterocycles. The molecule has 3 aromatic rings. The van der Waals surface area contributed by atoms with E-state index in [2.05, 4.69) is 44.9 Å². The molecule has 186 valence electrons. The number of morpholine rings is 1. The SMILES string of the molecule is CCS(=O)(=O)N1CCC(c2ccc(-c3cc4nccnc4c(NCC4CNCCO4)n3)cc2)CC1. The summed E-state index contributed by atoms with van der Waals surface area (Å²) in [5, 5.41) is 6.76. The number of anilines is 1. The molecule has 35 heavy (non-hydrogen) atoms. The van der Waals surface area contributed by atoms with Crippen LogP contribution >= 0.6 is 0 Å². The number of ether oxygens (including phenoxy) is 1. The fourth-order valence-corrected chi connectivity index (χ4v) is 5.91. The van der Waals surface area contributed by atoms with Gasteiger partial charge in [-0.25, -0.2) is 22.7 Å². The normalized spacial score (nSPS) is 20.2. The van der Waals surface area contributed by atoms with Crippen LogP contribution in [-0.4, -0.2) is 78.9 Å². The van der Waals surface area contributed by atoms with Gasteiger partial charge < -0.3 is 15.4 Å². The van der Waals surface area contributed by atoms with Crippen molar-refractivity contribution in [2.45, 2.75) is 31.8 Å². The lowest BCUT2D eigenvalue weighted by Crippen LogP contribution is -2.42. The number of hydrogen-bond donors (Lipinski definition) is 2. The molecular weight excluding hydrogens is 464 g/mol. The highest BCUT2D eigenvalue weighted by molar-refractivity contribution is 7.89. The van der Waals surface area contributed by atoms with Crippen LogP contribution in [0.25, 0.3) is 22.3 Å². The summed E-state index contributed by atoms with van der Waals surface area (Å²) in [5.74, 6) is 1.23. The molecule has 0 saturated carbocycles. The van der Waals surface area contributed by atoms with E-state index < -0.39 is 10.0 Å². The van der Waals surface area contributed by atoms with Gasteiger partial charge in [-0.05, 0) is 37.3 Å². The Labute approximate surface area is 206 Å². The molecule has 5 rings (SSSR count). The van der Waals surface area contributed by atoms with Crippen molar-refractivity contribution in [3.05, 3.63) is 48.3 Å². The van der Waals surface area contributed by atoms with Gasteiger partial charge >= 0.3 is 0 Å². The van der Waals surface area contributed by atoms with Gasteiger partial charge in [0.2, 0.25) is 10.0 Å². The molecule has 0 amide bonds. The average Bonchev–Trinajstić information content (AvgIpc) is 2.92. The van der Waals surface area contributed by atoms with E-state index in [4.69, 9.17) is 9.72 Å². The molecule has 0 aliphatic carbocycles. The maximum absolute atomic E-state index is 12.2. The van der Waals surface area contributed by atoms with Crippen LogP contribution in [0.5, 0.6) is 0 Å². The zero-order chi connectivity index (χ0) is 24.3. The van der Waals surface area contributed by atoms with Gasteiger partial charge in [-0.3, -0.25) is 4.98 Å². The van der Waals surface area contributed by atoms with Crippen LogP contribution in [0, 0.1) is 0 Å². The lowest BCUT2D eigenvalue weighted by atomic mass is 9.89. The number of benzene rings is 1. The summed E-state index contributed by atoms with van der Waals surface area (Å²) in [6.45, 7) is 5.91. The van der Waals surface area contributed by atoms with Crippen molar-refractivity contribution >= 4 is 26.9 Å². The van der Waals surface area contributed by atoms with E-state index in [1.54, 1.807) is 23.6 Å². The number of fused-ring (bicyclic) bond motifs is 1. The molecule has 0 spiro atoms. The maximum atomic E-state index is 12.2. The van der Waals surface area contributed by atoms with E-state index >= 15 is 0 Å². The van der Waals surface area contributed by atoms with Crippen LogP contribution < -0.4 is 10.6 Å². The van der Waals surface area contributed by atoms with E-state index in [1.807, 2.05) is 6.07 Å². The number of sulfonamides is 1. The molecule has 2 saturated heterocycles. The second-order valence-electron chi connectivity index (χ2n) is 9.05. The van der Waals surface area contributed by atoms with E-state index in [-0.39, 0.29) is 11.9 Å². The summed E-state index contributed by atoms with van der Waals surface area (Å²) in [7, 11) is -3.11. The molecule has 2 aliphatic rings. The Morgan fingerprint density at radius 2 is 1.91 bits per heavy atom. The van der Waals surface area contributed by atoms with E-state index in [1.165, 1.54) is 5.56 Å². The molecule has 1 atom stereocenters. The fourth-order valence-electron chi connectivity index (χ4n) is 4.78. The van der Waals surface area contributed by atoms with Crippen LogP contribution in [0.15, 0.2) is 42.7 Å². The third-order valence-corrected chi connectivity index (χ3v) is 8.73. The Bertz CT molecular complexity index is 1250. The standard InChI is InChI=1S/C25H32N6O3S/c1-2-35(32,33)31-12-7-19(8-13-31)18-3-5-20(6-4-18)22-15-23-24(28-10-9-27-23)25(30-22)29-17-21-16-26-11-14-34-21/h3-6,9-10,15,19,21,26H,2,7-8,11-14,16-17H2,1H3,(H,29,30). The van der Waals surface area contributed by atoms with Crippen molar-refractivity contribution in [1.29, 1.82) is 0 Å². The monoisotopic (exact) mass is 496 g/mol. The minimum absolute atomic E-state index is 0.0824. The van der Waals surface area contributed by atoms with Gasteiger partial charge in [0.05, 0.1) is 29.7 Å². The van der Waals surface area contributed by atoms with Gasteiger partial charge in [0.15, 0.2) is 5.82 Å². The highest BCUT2D eigenvalue weighted by Gasteiger charge is 2.27. The third kappa shape index (κ3) is 5.45. The van der Waals surface area contributed by atoms with Crippen molar-refractivity contribution in [2.24, 2.45) is 0 Å². The molecule has 4 heterocycles. The van der Waals surface area contributed by atoms with Crippen LogP contribution in [0.1, 0.15) is 31.2 Å². The first-order chi connectivity index (χ1) is 17.0. The molecule has 2 fully saturated rings. The van der Waals surface area contributed by atoms with Gasteiger partial charge in [-0.1, -0.05) is 24.3 Å². The average molecular weight is 497 g/mol. The number of aromatic nitrogens is 3. The molecule has 10 heteroatoms. The summed E-state index contributed by atoms with van der Waals surface area (Å²) in [6.07, 6.45) is 5.14. The summed E-state index contributed by atoms with van der Waals surface area (Å²) in [6, 6.07) is 10.4. The topological polar surface area (TPSA) is 109 Å². The maximum Gasteiger partial charge on any atom is 0.213 e. The molecule has 1 unspecified atom stereocenters. The predicted octanol–water partition coefficient (Wildman–Crippen LogP) is 2.62. The Hall–Kier alpha value is -2.66. The van der Waals surface area contributed by atoms with Gasteiger partial charge in [-0.2, -0.15) is 0 Å². The Balaban J connectivity index is 1.33. The zero-order valence-electron chi connectivity index (χ0n) is 20.0. The first-order valence-corrected chi connectivity index (χ1v) is 13.9. The molecule has 0 radical (unpaired) electrons. The van der Waals surface area contributed by atoms with Gasteiger partial charge in [0.25, 0.3) is 0 Å². The van der Waals surface area contributed by atoms with E-state index in [9.17, 15) is 8.42 Å². The van der Waals surface area contributed by atoms with Crippen molar-refractivity contribution in [2.75, 3.05) is 50.4 Å². The molecular formula is C25H32N6O3S. The predicted molar refractivity (Wildman–Crippen MR) is 137 cm³/mol. The third-order valence-electron chi connectivity index (χ3n) is 6.85. The summed E-state index contributed by atoms with van der Waals surface area (Å²) in [5.41, 5.74) is 4.61. The van der Waals surface area contributed by atoms with Gasteiger partial charge in [-0.15, -0.1) is 0 Å². The summed E-state index contributed by atoms with van der Waals surface area (Å²) < 4.78 is 31.7. The minimum atomic E-state index is -3.11. The Kier molecular flexibility index (Phi) is 7.24. The molecule has 2 N–H and O–H groups in total. The molecule has 1 aromatic carbocycles. The smallest absolute Gasteiger partial charge is 0.213 e. The highest BCUT2D eigenvalue weighted by Crippen LogP contribution is 2.31. The highest BCUT2D eigenvalue weighted by atomic mass is 32.2. The Morgan fingerprint density at radius 3 is 2.63 bits per heavy atom. The number of piperidine rings is 1. The van der Waals surface area contributed by atoms with Crippen LogP contribution in [-0.2, 0) is 14.8 Å². The van der Waals surface area contributed by atoms with Crippen molar-refractivity contribution in [3.63, 3.8) is 0 Å². The number of rotatable bonds is 7. The molecule has 9 nitrogen and oxygen atoms in total. The fraction of sp³-hybridized carbons (Fsp3) is 0.480. The van der Waals surface area contributed by atoms with E-state index in [0.717, 1.165) is 48.2 Å². The lowest BCUT2D eigenvalue weighted by Gasteiger charge is -2.31. The second kappa shape index (κ2) is 10.5. The molecule has 2 aromatic heterocycles. The second-order valence-corrected chi connectivity index (χ2v) is 11.3. The number of pyridine rings is 1.